The lowest BCUT2D eigenvalue weighted by molar-refractivity contribution is 0.104. The van der Waals surface area contributed by atoms with Gasteiger partial charge in [0, 0.05) is 19.7 Å². The van der Waals surface area contributed by atoms with Crippen LogP contribution in [0.25, 0.3) is 0 Å². The zero-order chi connectivity index (χ0) is 9.86. The average Bonchev–Trinajstić information content (AvgIpc) is 2.62. The first-order chi connectivity index (χ1) is 6.85. The van der Waals surface area contributed by atoms with Gasteiger partial charge in [0.15, 0.2) is 0 Å². The summed E-state index contributed by atoms with van der Waals surface area (Å²) in [6, 6.07) is 2.44. The number of nitrogens with zero attached hydrogens (tertiary/aromatic N) is 1. The van der Waals surface area contributed by atoms with E-state index in [0.717, 1.165) is 32.5 Å². The van der Waals surface area contributed by atoms with E-state index in [0.29, 0.717) is 6.10 Å². The first kappa shape index (κ1) is 9.95. The van der Waals surface area contributed by atoms with Crippen LogP contribution in [0.2, 0.25) is 0 Å². The fourth-order valence-electron chi connectivity index (χ4n) is 2.21. The minimum absolute atomic E-state index is 0.0431. The molecule has 1 saturated carbocycles. The molecular weight excluding hydrogens is 176 g/mol. The van der Waals surface area contributed by atoms with Gasteiger partial charge in [0.1, 0.15) is 0 Å². The third kappa shape index (κ3) is 2.08. The smallest absolute Gasteiger partial charge is 0.0703 e. The molecule has 1 aliphatic heterocycles. The van der Waals surface area contributed by atoms with E-state index < -0.39 is 0 Å². The van der Waals surface area contributed by atoms with Gasteiger partial charge in [-0.1, -0.05) is 6.42 Å². The minimum atomic E-state index is -0.0431. The molecule has 0 spiro atoms. The van der Waals surface area contributed by atoms with Crippen LogP contribution in [0.15, 0.2) is 0 Å². The Morgan fingerprint density at radius 2 is 2.29 bits per heavy atom. The Balaban J connectivity index is 1.64. The van der Waals surface area contributed by atoms with Gasteiger partial charge in [-0.3, -0.25) is 0 Å². The molecule has 0 radical (unpaired) electrons. The maximum atomic E-state index is 9.01. The van der Waals surface area contributed by atoms with Crippen molar-refractivity contribution in [1.29, 1.82) is 5.26 Å². The van der Waals surface area contributed by atoms with Crippen molar-refractivity contribution in [2.75, 3.05) is 19.7 Å². The second kappa shape index (κ2) is 4.29. The van der Waals surface area contributed by atoms with Gasteiger partial charge in [-0.2, -0.15) is 5.26 Å². The lowest BCUT2D eigenvalue weighted by atomic mass is 9.70. The first-order valence-electron chi connectivity index (χ1n) is 5.58. The monoisotopic (exact) mass is 194 g/mol. The first-order valence-corrected chi connectivity index (χ1v) is 5.58. The quantitative estimate of drug-likeness (QED) is 0.736. The largest absolute Gasteiger partial charge is 0.377 e. The van der Waals surface area contributed by atoms with Crippen LogP contribution in [0.5, 0.6) is 0 Å². The summed E-state index contributed by atoms with van der Waals surface area (Å²) in [7, 11) is 0. The van der Waals surface area contributed by atoms with Crippen LogP contribution in [0.1, 0.15) is 32.1 Å². The molecule has 0 aromatic heterocycles. The maximum absolute atomic E-state index is 9.01. The SMILES string of the molecule is N#CC1(CNCC2CCCO2)CCC1. The van der Waals surface area contributed by atoms with Crippen LogP contribution >= 0.6 is 0 Å². The normalized spacial score (nSPS) is 29.5. The number of hydrogen-bond acceptors (Lipinski definition) is 3. The van der Waals surface area contributed by atoms with E-state index in [9.17, 15) is 0 Å². The number of rotatable bonds is 4. The van der Waals surface area contributed by atoms with Crippen molar-refractivity contribution < 1.29 is 4.74 Å². The highest BCUT2D eigenvalue weighted by Crippen LogP contribution is 2.39. The van der Waals surface area contributed by atoms with Crippen molar-refractivity contribution in [2.24, 2.45) is 5.41 Å². The summed E-state index contributed by atoms with van der Waals surface area (Å²) in [5.41, 5.74) is -0.0431. The third-order valence-electron chi connectivity index (χ3n) is 3.41. The van der Waals surface area contributed by atoms with Crippen molar-refractivity contribution >= 4 is 0 Å². The van der Waals surface area contributed by atoms with Crippen LogP contribution in [0, 0.1) is 16.7 Å². The number of nitriles is 1. The lowest BCUT2D eigenvalue weighted by Gasteiger charge is -2.35. The second-order valence-electron chi connectivity index (χ2n) is 4.51. The van der Waals surface area contributed by atoms with E-state index in [1.807, 2.05) is 0 Å². The van der Waals surface area contributed by atoms with Gasteiger partial charge in [-0.15, -0.1) is 0 Å². The van der Waals surface area contributed by atoms with E-state index >= 15 is 0 Å². The van der Waals surface area contributed by atoms with Gasteiger partial charge < -0.3 is 10.1 Å². The molecule has 1 atom stereocenters. The van der Waals surface area contributed by atoms with Crippen LogP contribution in [-0.4, -0.2) is 25.8 Å². The highest BCUT2D eigenvalue weighted by molar-refractivity contribution is 5.05. The highest BCUT2D eigenvalue weighted by Gasteiger charge is 2.36. The number of nitrogens with one attached hydrogen (secondary N) is 1. The van der Waals surface area contributed by atoms with Gasteiger partial charge in [0.25, 0.3) is 0 Å². The van der Waals surface area contributed by atoms with E-state index in [-0.39, 0.29) is 5.41 Å². The Morgan fingerprint density at radius 1 is 1.43 bits per heavy atom. The molecule has 1 N–H and O–H groups in total. The Kier molecular flexibility index (Phi) is 3.05. The molecule has 1 heterocycles. The van der Waals surface area contributed by atoms with Crippen molar-refractivity contribution in [3.8, 4) is 6.07 Å². The second-order valence-corrected chi connectivity index (χ2v) is 4.51. The Labute approximate surface area is 85.4 Å². The molecule has 0 aromatic carbocycles. The molecule has 0 bridgehead atoms. The minimum Gasteiger partial charge on any atom is -0.377 e. The maximum Gasteiger partial charge on any atom is 0.0703 e. The topological polar surface area (TPSA) is 45.0 Å². The molecule has 2 aliphatic rings. The molecule has 0 aromatic rings. The molecular formula is C11H18N2O. The molecule has 14 heavy (non-hydrogen) atoms. The molecule has 1 saturated heterocycles. The van der Waals surface area contributed by atoms with E-state index in [4.69, 9.17) is 10.00 Å². The van der Waals surface area contributed by atoms with E-state index in [1.165, 1.54) is 19.3 Å². The van der Waals surface area contributed by atoms with Gasteiger partial charge in [-0.05, 0) is 25.7 Å². The van der Waals surface area contributed by atoms with Gasteiger partial charge in [0.05, 0.1) is 17.6 Å². The Bertz CT molecular complexity index is 224. The number of ether oxygens (including phenoxy) is 1. The van der Waals surface area contributed by atoms with Crippen LogP contribution in [0.3, 0.4) is 0 Å². The van der Waals surface area contributed by atoms with Crippen molar-refractivity contribution in [2.45, 2.75) is 38.2 Å². The summed E-state index contributed by atoms with van der Waals surface area (Å²) in [6.45, 7) is 2.68. The van der Waals surface area contributed by atoms with Gasteiger partial charge >= 0.3 is 0 Å². The summed E-state index contributed by atoms with van der Waals surface area (Å²) in [5, 5.41) is 12.4. The Hall–Kier alpha value is -0.590. The average molecular weight is 194 g/mol. The summed E-state index contributed by atoms with van der Waals surface area (Å²) in [6.07, 6.45) is 6.12. The molecule has 3 nitrogen and oxygen atoms in total. The molecule has 78 valence electrons. The molecule has 2 fully saturated rings. The summed E-state index contributed by atoms with van der Waals surface area (Å²) in [4.78, 5) is 0. The third-order valence-corrected chi connectivity index (χ3v) is 3.41. The van der Waals surface area contributed by atoms with Gasteiger partial charge in [0.2, 0.25) is 0 Å². The molecule has 3 heteroatoms. The van der Waals surface area contributed by atoms with Crippen molar-refractivity contribution in [3.05, 3.63) is 0 Å². The number of hydrogen-bond donors (Lipinski definition) is 1. The fourth-order valence-corrected chi connectivity index (χ4v) is 2.21. The van der Waals surface area contributed by atoms with E-state index in [2.05, 4.69) is 11.4 Å². The standard InChI is InChI=1S/C11H18N2O/c12-8-11(4-2-5-11)9-13-7-10-3-1-6-14-10/h10,13H,1-7,9H2. The van der Waals surface area contributed by atoms with Crippen molar-refractivity contribution in [1.82, 2.24) is 5.32 Å². The predicted octanol–water partition coefficient (Wildman–Crippen LogP) is 1.45. The fraction of sp³-hybridized carbons (Fsp3) is 0.909. The zero-order valence-corrected chi connectivity index (χ0v) is 8.59. The molecule has 0 amide bonds. The Morgan fingerprint density at radius 3 is 2.79 bits per heavy atom. The summed E-state index contributed by atoms with van der Waals surface area (Å²) >= 11 is 0. The van der Waals surface area contributed by atoms with Gasteiger partial charge in [-0.25, -0.2) is 0 Å². The molecule has 2 rings (SSSR count). The van der Waals surface area contributed by atoms with E-state index in [1.54, 1.807) is 0 Å². The predicted molar refractivity (Wildman–Crippen MR) is 53.7 cm³/mol. The highest BCUT2D eigenvalue weighted by atomic mass is 16.5. The summed E-state index contributed by atoms with van der Waals surface area (Å²) in [5.74, 6) is 0. The molecule has 1 aliphatic carbocycles. The van der Waals surface area contributed by atoms with Crippen LogP contribution in [-0.2, 0) is 4.74 Å². The lowest BCUT2D eigenvalue weighted by Crippen LogP contribution is -2.41. The molecule has 1 unspecified atom stereocenters. The summed E-state index contributed by atoms with van der Waals surface area (Å²) < 4.78 is 5.51. The van der Waals surface area contributed by atoms with Crippen LogP contribution < -0.4 is 5.32 Å². The van der Waals surface area contributed by atoms with Crippen LogP contribution in [0.4, 0.5) is 0 Å². The van der Waals surface area contributed by atoms with Crippen molar-refractivity contribution in [3.63, 3.8) is 0 Å². The zero-order valence-electron chi connectivity index (χ0n) is 8.59.